The Kier molecular flexibility index (Phi) is 4.37. The molecule has 0 aliphatic carbocycles. The summed E-state index contributed by atoms with van der Waals surface area (Å²) in [6.07, 6.45) is 3.85. The smallest absolute Gasteiger partial charge is 0.239 e. The van der Waals surface area contributed by atoms with Gasteiger partial charge < -0.3 is 10.6 Å². The van der Waals surface area contributed by atoms with Gasteiger partial charge in [0.15, 0.2) is 0 Å². The molecule has 98 valence electrons. The van der Waals surface area contributed by atoms with Crippen molar-refractivity contribution in [3.05, 3.63) is 35.9 Å². The van der Waals surface area contributed by atoms with Crippen LogP contribution in [0.2, 0.25) is 0 Å². The monoisotopic (exact) mass is 246 g/mol. The molecule has 1 fully saturated rings. The van der Waals surface area contributed by atoms with Crippen LogP contribution in [0.1, 0.15) is 31.7 Å². The summed E-state index contributed by atoms with van der Waals surface area (Å²) in [5.74, 6) is 0.121. The number of carbonyl (C=O) groups excluding carboxylic acids is 1. The minimum Gasteiger partial charge on any atom is -0.338 e. The summed E-state index contributed by atoms with van der Waals surface area (Å²) in [6, 6.07) is 10.4. The highest BCUT2D eigenvalue weighted by Gasteiger charge is 2.30. The van der Waals surface area contributed by atoms with E-state index >= 15 is 0 Å². The van der Waals surface area contributed by atoms with Crippen molar-refractivity contribution in [2.75, 3.05) is 6.54 Å². The van der Waals surface area contributed by atoms with Gasteiger partial charge in [-0.1, -0.05) is 37.3 Å². The third kappa shape index (κ3) is 2.91. The van der Waals surface area contributed by atoms with E-state index in [1.165, 1.54) is 5.56 Å². The molecule has 0 saturated carbocycles. The lowest BCUT2D eigenvalue weighted by molar-refractivity contribution is -0.133. The van der Waals surface area contributed by atoms with E-state index < -0.39 is 0 Å². The highest BCUT2D eigenvalue weighted by Crippen LogP contribution is 2.22. The molecule has 18 heavy (non-hydrogen) atoms. The third-order valence-corrected chi connectivity index (χ3v) is 3.73. The average Bonchev–Trinajstić information content (AvgIpc) is 2.86. The van der Waals surface area contributed by atoms with Gasteiger partial charge in [0.2, 0.25) is 5.91 Å². The maximum absolute atomic E-state index is 12.2. The molecular weight excluding hydrogens is 224 g/mol. The first-order valence-electron chi connectivity index (χ1n) is 6.82. The molecule has 1 aromatic carbocycles. The van der Waals surface area contributed by atoms with Gasteiger partial charge in [-0.15, -0.1) is 0 Å². The van der Waals surface area contributed by atoms with Crippen molar-refractivity contribution < 1.29 is 4.79 Å². The highest BCUT2D eigenvalue weighted by molar-refractivity contribution is 5.82. The molecule has 0 aromatic heterocycles. The normalized spacial score (nSPS) is 21.0. The van der Waals surface area contributed by atoms with E-state index in [1.807, 2.05) is 30.0 Å². The van der Waals surface area contributed by atoms with Crippen LogP contribution in [0.4, 0.5) is 0 Å². The zero-order chi connectivity index (χ0) is 13.0. The number of nitrogens with two attached hydrogens (primary N) is 1. The Bertz CT molecular complexity index is 391. The number of hydrogen-bond donors (Lipinski definition) is 1. The Balaban J connectivity index is 2.02. The molecule has 1 unspecified atom stereocenters. The van der Waals surface area contributed by atoms with Crippen LogP contribution in [0.5, 0.6) is 0 Å². The van der Waals surface area contributed by atoms with Crippen molar-refractivity contribution in [1.82, 2.24) is 4.90 Å². The van der Waals surface area contributed by atoms with Crippen molar-refractivity contribution in [3.8, 4) is 0 Å². The molecule has 1 saturated heterocycles. The van der Waals surface area contributed by atoms with Gasteiger partial charge in [0.05, 0.1) is 6.04 Å². The molecule has 1 aliphatic rings. The standard InChI is InChI=1S/C15H22N2O/c1-2-14(16)15(18)17-10-6-9-13(17)11-12-7-4-3-5-8-12/h3-5,7-8,13-14H,2,6,9-11,16H2,1H3/t13?,14-/m1/s1. The first-order valence-corrected chi connectivity index (χ1v) is 6.82. The van der Waals surface area contributed by atoms with Crippen molar-refractivity contribution in [1.29, 1.82) is 0 Å². The predicted molar refractivity (Wildman–Crippen MR) is 73.1 cm³/mol. The molecule has 1 aliphatic heterocycles. The quantitative estimate of drug-likeness (QED) is 0.882. The van der Waals surface area contributed by atoms with Gasteiger partial charge >= 0.3 is 0 Å². The summed E-state index contributed by atoms with van der Waals surface area (Å²) < 4.78 is 0. The van der Waals surface area contributed by atoms with E-state index in [0.29, 0.717) is 12.5 Å². The minimum atomic E-state index is -0.332. The van der Waals surface area contributed by atoms with Gasteiger partial charge in [-0.05, 0) is 31.2 Å². The van der Waals surface area contributed by atoms with Crippen LogP contribution >= 0.6 is 0 Å². The number of amides is 1. The van der Waals surface area contributed by atoms with E-state index in [4.69, 9.17) is 5.73 Å². The van der Waals surface area contributed by atoms with E-state index in [2.05, 4.69) is 12.1 Å². The minimum absolute atomic E-state index is 0.121. The van der Waals surface area contributed by atoms with Gasteiger partial charge in [-0.3, -0.25) is 4.79 Å². The summed E-state index contributed by atoms with van der Waals surface area (Å²) >= 11 is 0. The number of benzene rings is 1. The Hall–Kier alpha value is -1.35. The maximum atomic E-state index is 12.2. The van der Waals surface area contributed by atoms with Gasteiger partial charge in [-0.2, -0.15) is 0 Å². The number of likely N-dealkylation sites (tertiary alicyclic amines) is 1. The van der Waals surface area contributed by atoms with Crippen molar-refractivity contribution in [2.45, 2.75) is 44.7 Å². The van der Waals surface area contributed by atoms with Crippen LogP contribution in [0.3, 0.4) is 0 Å². The van der Waals surface area contributed by atoms with Crippen molar-refractivity contribution >= 4 is 5.91 Å². The van der Waals surface area contributed by atoms with E-state index in [1.54, 1.807) is 0 Å². The molecule has 1 heterocycles. The second-order valence-electron chi connectivity index (χ2n) is 5.03. The zero-order valence-electron chi connectivity index (χ0n) is 11.0. The second kappa shape index (κ2) is 6.01. The van der Waals surface area contributed by atoms with Gasteiger partial charge in [0.1, 0.15) is 0 Å². The van der Waals surface area contributed by atoms with E-state index in [0.717, 1.165) is 25.8 Å². The molecule has 0 bridgehead atoms. The fourth-order valence-corrected chi connectivity index (χ4v) is 2.61. The van der Waals surface area contributed by atoms with Crippen LogP contribution < -0.4 is 5.73 Å². The fraction of sp³-hybridized carbons (Fsp3) is 0.533. The molecule has 3 heteroatoms. The van der Waals surface area contributed by atoms with Gasteiger partial charge in [0, 0.05) is 12.6 Å². The Morgan fingerprint density at radius 2 is 2.17 bits per heavy atom. The number of rotatable bonds is 4. The van der Waals surface area contributed by atoms with Gasteiger partial charge in [0.25, 0.3) is 0 Å². The van der Waals surface area contributed by atoms with Crippen LogP contribution in [0, 0.1) is 0 Å². The lowest BCUT2D eigenvalue weighted by Crippen LogP contribution is -2.46. The SMILES string of the molecule is CC[C@@H](N)C(=O)N1CCCC1Cc1ccccc1. The summed E-state index contributed by atoms with van der Waals surface area (Å²) in [5, 5.41) is 0. The fourth-order valence-electron chi connectivity index (χ4n) is 2.61. The Morgan fingerprint density at radius 3 is 2.83 bits per heavy atom. The lowest BCUT2D eigenvalue weighted by Gasteiger charge is -2.27. The Labute approximate surface area is 109 Å². The van der Waals surface area contributed by atoms with E-state index in [9.17, 15) is 4.79 Å². The van der Waals surface area contributed by atoms with Crippen molar-refractivity contribution in [3.63, 3.8) is 0 Å². The molecule has 1 aromatic rings. The maximum Gasteiger partial charge on any atom is 0.239 e. The first kappa shape index (κ1) is 13.1. The second-order valence-corrected chi connectivity index (χ2v) is 5.03. The predicted octanol–water partition coefficient (Wildman–Crippen LogP) is 1.96. The average molecular weight is 246 g/mol. The van der Waals surface area contributed by atoms with Gasteiger partial charge in [-0.25, -0.2) is 0 Å². The molecule has 1 amide bonds. The summed E-state index contributed by atoms with van der Waals surface area (Å²) in [6.45, 7) is 2.83. The van der Waals surface area contributed by atoms with Crippen molar-refractivity contribution in [2.24, 2.45) is 5.73 Å². The number of nitrogens with zero attached hydrogens (tertiary/aromatic N) is 1. The molecule has 2 N–H and O–H groups in total. The highest BCUT2D eigenvalue weighted by atomic mass is 16.2. The van der Waals surface area contributed by atoms with E-state index in [-0.39, 0.29) is 11.9 Å². The number of carbonyl (C=O) groups is 1. The largest absolute Gasteiger partial charge is 0.338 e. The topological polar surface area (TPSA) is 46.3 Å². The molecule has 0 spiro atoms. The Morgan fingerprint density at radius 1 is 1.44 bits per heavy atom. The van der Waals surface area contributed by atoms with Crippen LogP contribution in [0.25, 0.3) is 0 Å². The number of hydrogen-bond acceptors (Lipinski definition) is 2. The molecular formula is C15H22N2O. The lowest BCUT2D eigenvalue weighted by atomic mass is 10.0. The van der Waals surface area contributed by atoms with Crippen LogP contribution in [-0.2, 0) is 11.2 Å². The third-order valence-electron chi connectivity index (χ3n) is 3.73. The summed E-state index contributed by atoms with van der Waals surface area (Å²) in [5.41, 5.74) is 7.16. The molecule has 0 radical (unpaired) electrons. The zero-order valence-corrected chi connectivity index (χ0v) is 11.0. The summed E-state index contributed by atoms with van der Waals surface area (Å²) in [7, 11) is 0. The molecule has 2 rings (SSSR count). The summed E-state index contributed by atoms with van der Waals surface area (Å²) in [4.78, 5) is 14.2. The van der Waals surface area contributed by atoms with Crippen LogP contribution in [-0.4, -0.2) is 29.4 Å². The molecule has 3 nitrogen and oxygen atoms in total. The molecule has 2 atom stereocenters. The van der Waals surface area contributed by atoms with Crippen LogP contribution in [0.15, 0.2) is 30.3 Å². The first-order chi connectivity index (χ1) is 8.72.